The van der Waals surface area contributed by atoms with Gasteiger partial charge >= 0.3 is 0 Å². The summed E-state index contributed by atoms with van der Waals surface area (Å²) < 4.78 is 17.1. The van der Waals surface area contributed by atoms with Crippen molar-refractivity contribution in [2.24, 2.45) is 0 Å². The molecule has 0 radical (unpaired) electrons. The van der Waals surface area contributed by atoms with Crippen LogP contribution in [0.3, 0.4) is 0 Å². The van der Waals surface area contributed by atoms with Crippen LogP contribution in [0.25, 0.3) is 10.8 Å². The number of fused-ring (bicyclic) bond motifs is 1. The van der Waals surface area contributed by atoms with Crippen molar-refractivity contribution in [3.05, 3.63) is 71.8 Å². The maximum atomic E-state index is 6.18. The van der Waals surface area contributed by atoms with Crippen LogP contribution in [0.4, 0.5) is 0 Å². The summed E-state index contributed by atoms with van der Waals surface area (Å²) in [6.45, 7) is 3.00. The van der Waals surface area contributed by atoms with Crippen LogP contribution in [0, 0.1) is 0 Å². The number of benzene rings is 3. The van der Waals surface area contributed by atoms with E-state index in [1.165, 1.54) is 21.9 Å². The molecule has 0 spiro atoms. The molecule has 28 heavy (non-hydrogen) atoms. The molecule has 0 amide bonds. The summed E-state index contributed by atoms with van der Waals surface area (Å²) in [5.41, 5.74) is 2.42. The Kier molecular flexibility index (Phi) is 6.10. The molecule has 1 aliphatic rings. The second-order valence-electron chi connectivity index (χ2n) is 7.16. The predicted octanol–water partition coefficient (Wildman–Crippen LogP) is 4.70. The fourth-order valence-corrected chi connectivity index (χ4v) is 3.67. The zero-order chi connectivity index (χ0) is 19.2. The van der Waals surface area contributed by atoms with E-state index in [0.717, 1.165) is 44.0 Å². The Morgan fingerprint density at radius 3 is 2.64 bits per heavy atom. The number of ether oxygens (including phenoxy) is 3. The fraction of sp³-hybridized carbons (Fsp3) is 0.333. The topological polar surface area (TPSA) is 39.7 Å². The molecule has 0 saturated carbocycles. The van der Waals surface area contributed by atoms with Gasteiger partial charge in [0.1, 0.15) is 18.1 Å². The van der Waals surface area contributed by atoms with Crippen molar-refractivity contribution in [1.29, 1.82) is 0 Å². The molecule has 4 heteroatoms. The molecule has 1 heterocycles. The molecule has 1 aliphatic heterocycles. The summed E-state index contributed by atoms with van der Waals surface area (Å²) in [7, 11) is 1.69. The van der Waals surface area contributed by atoms with Gasteiger partial charge in [0.2, 0.25) is 0 Å². The van der Waals surface area contributed by atoms with E-state index in [4.69, 9.17) is 14.2 Å². The molecule has 1 N–H and O–H groups in total. The molecule has 0 aliphatic carbocycles. The smallest absolute Gasteiger partial charge is 0.124 e. The fourth-order valence-electron chi connectivity index (χ4n) is 3.67. The Bertz CT molecular complexity index is 901. The highest BCUT2D eigenvalue weighted by Crippen LogP contribution is 2.29. The van der Waals surface area contributed by atoms with Gasteiger partial charge in [0.25, 0.3) is 0 Å². The SMILES string of the molecule is COc1ccc(CNCc2c(OCC3CCCO3)ccc3ccccc23)cc1. The van der Waals surface area contributed by atoms with E-state index in [1.807, 2.05) is 12.1 Å². The van der Waals surface area contributed by atoms with Crippen molar-refractivity contribution in [3.8, 4) is 11.5 Å². The first-order valence-electron chi connectivity index (χ1n) is 9.92. The first kappa shape index (κ1) is 18.8. The number of nitrogens with one attached hydrogen (secondary N) is 1. The van der Waals surface area contributed by atoms with Crippen molar-refractivity contribution in [2.45, 2.75) is 32.0 Å². The Labute approximate surface area is 166 Å². The summed E-state index contributed by atoms with van der Waals surface area (Å²) in [6, 6.07) is 20.8. The van der Waals surface area contributed by atoms with E-state index in [9.17, 15) is 0 Å². The molecule has 1 unspecified atom stereocenters. The maximum Gasteiger partial charge on any atom is 0.124 e. The van der Waals surface area contributed by atoms with Gasteiger partial charge in [-0.15, -0.1) is 0 Å². The van der Waals surface area contributed by atoms with E-state index >= 15 is 0 Å². The van der Waals surface area contributed by atoms with Gasteiger partial charge < -0.3 is 19.5 Å². The molecule has 1 saturated heterocycles. The van der Waals surface area contributed by atoms with Gasteiger partial charge in [-0.25, -0.2) is 0 Å². The molecule has 0 bridgehead atoms. The number of hydrogen-bond donors (Lipinski definition) is 1. The summed E-state index contributed by atoms with van der Waals surface area (Å²) >= 11 is 0. The standard InChI is InChI=1S/C24H27NO3/c1-26-20-11-8-18(9-12-20)15-25-16-23-22-7-3-2-5-19(22)10-13-24(23)28-17-21-6-4-14-27-21/h2-3,5,7-13,21,25H,4,6,14-17H2,1H3. The van der Waals surface area contributed by atoms with Crippen LogP contribution < -0.4 is 14.8 Å². The minimum Gasteiger partial charge on any atom is -0.497 e. The van der Waals surface area contributed by atoms with Crippen LogP contribution >= 0.6 is 0 Å². The van der Waals surface area contributed by atoms with Crippen LogP contribution in [0.1, 0.15) is 24.0 Å². The maximum absolute atomic E-state index is 6.18. The first-order chi connectivity index (χ1) is 13.8. The normalized spacial score (nSPS) is 16.4. The Balaban J connectivity index is 1.48. The molecule has 4 rings (SSSR count). The zero-order valence-electron chi connectivity index (χ0n) is 16.3. The number of hydrogen-bond acceptors (Lipinski definition) is 4. The molecule has 1 fully saturated rings. The lowest BCUT2D eigenvalue weighted by Crippen LogP contribution is -2.18. The molecular weight excluding hydrogens is 350 g/mol. The lowest BCUT2D eigenvalue weighted by Gasteiger charge is -2.17. The largest absolute Gasteiger partial charge is 0.497 e. The lowest BCUT2D eigenvalue weighted by atomic mass is 10.0. The predicted molar refractivity (Wildman–Crippen MR) is 112 cm³/mol. The van der Waals surface area contributed by atoms with Gasteiger partial charge in [0.15, 0.2) is 0 Å². The van der Waals surface area contributed by atoms with Gasteiger partial charge in [0.05, 0.1) is 13.2 Å². The second kappa shape index (κ2) is 9.09. The summed E-state index contributed by atoms with van der Waals surface area (Å²) in [4.78, 5) is 0. The number of methoxy groups -OCH3 is 1. The van der Waals surface area contributed by atoms with E-state index in [0.29, 0.717) is 6.61 Å². The van der Waals surface area contributed by atoms with Crippen LogP contribution in [0.15, 0.2) is 60.7 Å². The summed E-state index contributed by atoms with van der Waals surface area (Å²) in [5.74, 6) is 1.82. The molecule has 3 aromatic rings. The van der Waals surface area contributed by atoms with E-state index in [1.54, 1.807) is 7.11 Å². The third kappa shape index (κ3) is 4.46. The molecule has 4 nitrogen and oxygen atoms in total. The third-order valence-corrected chi connectivity index (χ3v) is 5.24. The monoisotopic (exact) mass is 377 g/mol. The van der Waals surface area contributed by atoms with E-state index in [-0.39, 0.29) is 6.10 Å². The van der Waals surface area contributed by atoms with E-state index in [2.05, 4.69) is 53.8 Å². The average Bonchev–Trinajstić information content (AvgIpc) is 3.27. The van der Waals surface area contributed by atoms with Crippen molar-refractivity contribution in [3.63, 3.8) is 0 Å². The van der Waals surface area contributed by atoms with Gasteiger partial charge in [0, 0.05) is 25.3 Å². The molecular formula is C24H27NO3. The lowest BCUT2D eigenvalue weighted by molar-refractivity contribution is 0.0676. The Morgan fingerprint density at radius 2 is 1.86 bits per heavy atom. The quantitative estimate of drug-likeness (QED) is 0.618. The summed E-state index contributed by atoms with van der Waals surface area (Å²) in [5, 5.41) is 6.02. The highest BCUT2D eigenvalue weighted by atomic mass is 16.5. The van der Waals surface area contributed by atoms with Crippen LogP contribution in [-0.4, -0.2) is 26.4 Å². The second-order valence-corrected chi connectivity index (χ2v) is 7.16. The van der Waals surface area contributed by atoms with Crippen LogP contribution in [0.5, 0.6) is 11.5 Å². The van der Waals surface area contributed by atoms with Crippen molar-refractivity contribution in [2.75, 3.05) is 20.3 Å². The molecule has 146 valence electrons. The Hall–Kier alpha value is -2.56. The molecule has 1 atom stereocenters. The van der Waals surface area contributed by atoms with Crippen molar-refractivity contribution >= 4 is 10.8 Å². The number of rotatable bonds is 8. The third-order valence-electron chi connectivity index (χ3n) is 5.24. The zero-order valence-corrected chi connectivity index (χ0v) is 16.3. The highest BCUT2D eigenvalue weighted by molar-refractivity contribution is 5.87. The summed E-state index contributed by atoms with van der Waals surface area (Å²) in [6.07, 6.45) is 2.42. The van der Waals surface area contributed by atoms with Gasteiger partial charge in [-0.1, -0.05) is 42.5 Å². The minimum absolute atomic E-state index is 0.214. The average molecular weight is 377 g/mol. The van der Waals surface area contributed by atoms with Gasteiger partial charge in [-0.3, -0.25) is 0 Å². The minimum atomic E-state index is 0.214. The molecule has 0 aromatic heterocycles. The van der Waals surface area contributed by atoms with Crippen LogP contribution in [0.2, 0.25) is 0 Å². The van der Waals surface area contributed by atoms with E-state index < -0.39 is 0 Å². The Morgan fingerprint density at radius 1 is 1.00 bits per heavy atom. The van der Waals surface area contributed by atoms with Crippen molar-refractivity contribution < 1.29 is 14.2 Å². The van der Waals surface area contributed by atoms with Gasteiger partial charge in [-0.2, -0.15) is 0 Å². The van der Waals surface area contributed by atoms with Crippen LogP contribution in [-0.2, 0) is 17.8 Å². The highest BCUT2D eigenvalue weighted by Gasteiger charge is 2.17. The first-order valence-corrected chi connectivity index (χ1v) is 9.92. The van der Waals surface area contributed by atoms with Gasteiger partial charge in [-0.05, 0) is 47.4 Å². The van der Waals surface area contributed by atoms with Crippen molar-refractivity contribution in [1.82, 2.24) is 5.32 Å². The molecule has 3 aromatic carbocycles.